The van der Waals surface area contributed by atoms with Crippen LogP contribution in [0.2, 0.25) is 5.02 Å². The van der Waals surface area contributed by atoms with E-state index in [4.69, 9.17) is 21.4 Å². The summed E-state index contributed by atoms with van der Waals surface area (Å²) in [5.41, 5.74) is 0.949. The van der Waals surface area contributed by atoms with Gasteiger partial charge in [0.15, 0.2) is 0 Å². The zero-order valence-electron chi connectivity index (χ0n) is 21.7. The zero-order chi connectivity index (χ0) is 25.9. The van der Waals surface area contributed by atoms with Gasteiger partial charge in [-0.05, 0) is 55.8 Å². The van der Waals surface area contributed by atoms with Crippen LogP contribution in [0.1, 0.15) is 63.5 Å². The lowest BCUT2D eigenvalue weighted by molar-refractivity contribution is -0.00851. The van der Waals surface area contributed by atoms with Crippen LogP contribution in [0.3, 0.4) is 0 Å². The number of carbonyl (C=O) groups excluding carboxylic acids is 1. The number of nitrogens with one attached hydrogen (secondary N) is 3. The van der Waals surface area contributed by atoms with Crippen LogP contribution in [0.5, 0.6) is 0 Å². The maximum Gasteiger partial charge on any atom is 0.404 e. The molecule has 1 heterocycles. The van der Waals surface area contributed by atoms with Crippen molar-refractivity contribution >= 4 is 23.7 Å². The highest BCUT2D eigenvalue weighted by Gasteiger charge is 2.32. The number of piperidine rings is 1. The highest BCUT2D eigenvalue weighted by Crippen LogP contribution is 2.34. The largest absolute Gasteiger partial charge is 0.465 e. The number of hydrogen-bond acceptors (Lipinski definition) is 4. The van der Waals surface area contributed by atoms with E-state index in [9.17, 15) is 9.59 Å². The molecule has 1 aromatic rings. The Hall–Kier alpha value is -2.03. The molecular weight excluding hydrogens is 480 g/mol. The molecule has 2 aliphatic rings. The van der Waals surface area contributed by atoms with Crippen molar-refractivity contribution in [3.05, 3.63) is 34.9 Å². The smallest absolute Gasteiger partial charge is 0.404 e. The molecule has 4 N–H and O–H groups in total. The van der Waals surface area contributed by atoms with Gasteiger partial charge in [-0.25, -0.2) is 9.59 Å². The molecule has 202 valence electrons. The fraction of sp³-hybridized carbons (Fsp3) is 0.704. The minimum absolute atomic E-state index is 0.0125. The quantitative estimate of drug-likeness (QED) is 0.310. The van der Waals surface area contributed by atoms with Crippen LogP contribution in [0.25, 0.3) is 0 Å². The van der Waals surface area contributed by atoms with Gasteiger partial charge in [-0.15, -0.1) is 0 Å². The Bertz CT molecular complexity index is 834. The van der Waals surface area contributed by atoms with Crippen LogP contribution in [-0.2, 0) is 4.74 Å². The first-order valence-electron chi connectivity index (χ1n) is 13.4. The number of carbonyl (C=O) groups is 2. The van der Waals surface area contributed by atoms with Crippen LogP contribution < -0.4 is 16.0 Å². The summed E-state index contributed by atoms with van der Waals surface area (Å²) in [6.07, 6.45) is 6.55. The molecule has 1 saturated heterocycles. The van der Waals surface area contributed by atoms with Gasteiger partial charge in [0, 0.05) is 43.2 Å². The number of benzene rings is 1. The maximum absolute atomic E-state index is 13.3. The molecule has 1 saturated carbocycles. The molecule has 3 unspecified atom stereocenters. The van der Waals surface area contributed by atoms with Crippen molar-refractivity contribution in [1.82, 2.24) is 20.9 Å². The maximum atomic E-state index is 13.3. The van der Waals surface area contributed by atoms with Crippen molar-refractivity contribution in [3.63, 3.8) is 0 Å². The molecule has 1 aliphatic heterocycles. The highest BCUT2D eigenvalue weighted by atomic mass is 35.5. The van der Waals surface area contributed by atoms with Crippen LogP contribution >= 0.6 is 11.6 Å². The molecule has 8 nitrogen and oxygen atoms in total. The number of amides is 3. The van der Waals surface area contributed by atoms with E-state index >= 15 is 0 Å². The Morgan fingerprint density at radius 1 is 1.22 bits per heavy atom. The number of carboxylic acid groups (broad SMARTS) is 1. The summed E-state index contributed by atoms with van der Waals surface area (Å²) in [5.74, 6) is 1.59. The van der Waals surface area contributed by atoms with Crippen molar-refractivity contribution in [1.29, 1.82) is 0 Å². The number of nitrogens with zero attached hydrogens (tertiary/aromatic N) is 1. The summed E-state index contributed by atoms with van der Waals surface area (Å²) in [7, 11) is 1.94. The van der Waals surface area contributed by atoms with Crippen LogP contribution in [-0.4, -0.2) is 68.0 Å². The van der Waals surface area contributed by atoms with Gasteiger partial charge >= 0.3 is 12.1 Å². The van der Waals surface area contributed by atoms with E-state index in [1.54, 1.807) is 0 Å². The molecular formula is C27H43ClN4O4. The summed E-state index contributed by atoms with van der Waals surface area (Å²) < 4.78 is 6.18. The Morgan fingerprint density at radius 2 is 2.00 bits per heavy atom. The second-order valence-corrected chi connectivity index (χ2v) is 10.9. The predicted octanol–water partition coefficient (Wildman–Crippen LogP) is 4.89. The van der Waals surface area contributed by atoms with E-state index in [1.807, 2.05) is 36.2 Å². The van der Waals surface area contributed by atoms with Gasteiger partial charge in [0.05, 0.1) is 12.7 Å². The molecule has 3 amide bonds. The van der Waals surface area contributed by atoms with Crippen molar-refractivity contribution < 1.29 is 19.4 Å². The molecule has 0 spiro atoms. The number of likely N-dealkylation sites (tertiary alicyclic amines) is 1. The van der Waals surface area contributed by atoms with Gasteiger partial charge in [0.1, 0.15) is 0 Å². The number of likely N-dealkylation sites (N-methyl/N-ethyl adjacent to an activating group) is 1. The molecule has 2 fully saturated rings. The summed E-state index contributed by atoms with van der Waals surface area (Å²) in [5, 5.41) is 18.4. The summed E-state index contributed by atoms with van der Waals surface area (Å²) >= 11 is 6.26. The predicted molar refractivity (Wildman–Crippen MR) is 142 cm³/mol. The molecule has 3 rings (SSSR count). The highest BCUT2D eigenvalue weighted by molar-refractivity contribution is 6.30. The first-order valence-corrected chi connectivity index (χ1v) is 13.8. The molecule has 1 aliphatic carbocycles. The van der Waals surface area contributed by atoms with Crippen LogP contribution in [0.4, 0.5) is 9.59 Å². The molecule has 3 atom stereocenters. The minimum Gasteiger partial charge on any atom is -0.465 e. The van der Waals surface area contributed by atoms with Crippen molar-refractivity contribution in [2.24, 2.45) is 17.8 Å². The Morgan fingerprint density at radius 3 is 2.69 bits per heavy atom. The van der Waals surface area contributed by atoms with Crippen molar-refractivity contribution in [2.75, 3.05) is 39.8 Å². The monoisotopic (exact) mass is 522 g/mol. The third-order valence-electron chi connectivity index (χ3n) is 7.56. The number of ether oxygens (including phenoxy) is 1. The van der Waals surface area contributed by atoms with E-state index in [1.165, 1.54) is 25.7 Å². The Kier molecular flexibility index (Phi) is 11.6. The third-order valence-corrected chi connectivity index (χ3v) is 7.79. The Labute approximate surface area is 220 Å². The van der Waals surface area contributed by atoms with E-state index in [-0.39, 0.29) is 37.2 Å². The van der Waals surface area contributed by atoms with Gasteiger partial charge in [-0.1, -0.05) is 56.3 Å². The second-order valence-electron chi connectivity index (χ2n) is 10.5. The summed E-state index contributed by atoms with van der Waals surface area (Å²) in [6.45, 7) is 4.85. The number of urea groups is 1. The minimum atomic E-state index is -1.07. The normalized spacial score (nSPS) is 24.1. The Balaban J connectivity index is 1.61. The fourth-order valence-electron chi connectivity index (χ4n) is 5.65. The second kappa shape index (κ2) is 14.6. The first kappa shape index (κ1) is 28.5. The summed E-state index contributed by atoms with van der Waals surface area (Å²) in [4.78, 5) is 26.0. The number of rotatable bonds is 11. The van der Waals surface area contributed by atoms with Crippen LogP contribution in [0.15, 0.2) is 24.3 Å². The zero-order valence-corrected chi connectivity index (χ0v) is 22.4. The van der Waals surface area contributed by atoms with E-state index in [0.29, 0.717) is 17.5 Å². The van der Waals surface area contributed by atoms with Gasteiger partial charge in [-0.3, -0.25) is 0 Å². The van der Waals surface area contributed by atoms with Crippen molar-refractivity contribution in [2.45, 2.75) is 64.0 Å². The SMILES string of the molecule is CNCC(CC1CCC(C)CC1)NC(=O)N1CCCC(C(OCCNC(=O)O)c2cccc(Cl)c2)C1. The first-order chi connectivity index (χ1) is 17.4. The molecule has 1 aromatic carbocycles. The average Bonchev–Trinajstić information content (AvgIpc) is 2.85. The standard InChI is InChI=1S/C27H43ClN4O4/c1-19-8-10-20(11-9-19)15-24(17-29-2)31-26(33)32-13-4-6-22(18-32)25(36-14-12-30-27(34)35)21-5-3-7-23(28)16-21/h3,5,7,16,19-20,22,24-25,29-30H,4,6,8-15,17-18H2,1-2H3,(H,31,33)(H,34,35). The fourth-order valence-corrected chi connectivity index (χ4v) is 5.84. The lowest BCUT2D eigenvalue weighted by Gasteiger charge is -2.38. The van der Waals surface area contributed by atoms with E-state index < -0.39 is 6.09 Å². The lowest BCUT2D eigenvalue weighted by Crippen LogP contribution is -2.52. The number of halogens is 1. The van der Waals surface area contributed by atoms with Crippen LogP contribution in [0, 0.1) is 17.8 Å². The van der Waals surface area contributed by atoms with Gasteiger partial charge in [0.2, 0.25) is 0 Å². The van der Waals surface area contributed by atoms with Crippen molar-refractivity contribution in [3.8, 4) is 0 Å². The van der Waals surface area contributed by atoms with Gasteiger partial charge in [0.25, 0.3) is 0 Å². The number of hydrogen-bond donors (Lipinski definition) is 4. The van der Waals surface area contributed by atoms with E-state index in [2.05, 4.69) is 22.9 Å². The molecule has 36 heavy (non-hydrogen) atoms. The molecule has 9 heteroatoms. The average molecular weight is 523 g/mol. The third kappa shape index (κ3) is 9.12. The molecule has 0 aromatic heterocycles. The van der Waals surface area contributed by atoms with Gasteiger partial charge < -0.3 is 30.7 Å². The molecule has 0 radical (unpaired) electrons. The topological polar surface area (TPSA) is 103 Å². The molecule has 0 bridgehead atoms. The summed E-state index contributed by atoms with van der Waals surface area (Å²) in [6, 6.07) is 7.69. The van der Waals surface area contributed by atoms with Gasteiger partial charge in [-0.2, -0.15) is 0 Å². The van der Waals surface area contributed by atoms with E-state index in [0.717, 1.165) is 43.8 Å². The lowest BCUT2D eigenvalue weighted by atomic mass is 9.80.